The van der Waals surface area contributed by atoms with Crippen LogP contribution in [0, 0.1) is 17.1 Å². The topological polar surface area (TPSA) is 52.0 Å². The smallest absolute Gasteiger partial charge is 0.124 e. The molecule has 1 aromatic carbocycles. The number of fused-ring (bicyclic) bond motifs is 1. The lowest BCUT2D eigenvalue weighted by Gasteiger charge is -2.21. The molecule has 0 bridgehead atoms. The molecule has 4 nitrogen and oxygen atoms in total. The van der Waals surface area contributed by atoms with Gasteiger partial charge >= 0.3 is 0 Å². The Hall–Kier alpha value is -1.84. The molecule has 0 aliphatic carbocycles. The summed E-state index contributed by atoms with van der Waals surface area (Å²) < 4.78 is 13.8. The first kappa shape index (κ1) is 20.5. The summed E-state index contributed by atoms with van der Waals surface area (Å²) in [7, 11) is 0. The van der Waals surface area contributed by atoms with E-state index in [1.54, 1.807) is 6.07 Å². The van der Waals surface area contributed by atoms with Gasteiger partial charge in [0.25, 0.3) is 0 Å². The Balaban J connectivity index is 2.26. The highest BCUT2D eigenvalue weighted by atomic mass is 32.2. The largest absolute Gasteiger partial charge is 0.381 e. The van der Waals surface area contributed by atoms with Crippen molar-refractivity contribution in [2.45, 2.75) is 44.7 Å². The van der Waals surface area contributed by atoms with E-state index in [0.29, 0.717) is 27.2 Å². The summed E-state index contributed by atoms with van der Waals surface area (Å²) in [5, 5.41) is 14.4. The quantitative estimate of drug-likeness (QED) is 0.633. The molecule has 0 saturated carbocycles. The molecule has 0 aliphatic heterocycles. The summed E-state index contributed by atoms with van der Waals surface area (Å²) in [5.74, 6) is -0.322. The van der Waals surface area contributed by atoms with Crippen molar-refractivity contribution in [1.82, 2.24) is 9.88 Å². The highest BCUT2D eigenvalue weighted by Crippen LogP contribution is 2.33. The molecule has 0 spiro atoms. The number of thioether (sulfide) groups is 1. The predicted octanol–water partition coefficient (Wildman–Crippen LogP) is 4.89. The minimum Gasteiger partial charge on any atom is -0.381 e. The fourth-order valence-electron chi connectivity index (χ4n) is 3.09. The van der Waals surface area contributed by atoms with Crippen LogP contribution in [0.2, 0.25) is 0 Å². The number of benzene rings is 1. The van der Waals surface area contributed by atoms with Gasteiger partial charge in [0.2, 0.25) is 0 Å². The van der Waals surface area contributed by atoms with Crippen LogP contribution in [0.1, 0.15) is 39.2 Å². The number of nitriles is 1. The van der Waals surface area contributed by atoms with Crippen LogP contribution in [-0.4, -0.2) is 41.8 Å². The summed E-state index contributed by atoms with van der Waals surface area (Å²) in [4.78, 5) is 6.91. The minimum atomic E-state index is -0.322. The number of nitrogens with one attached hydrogen (secondary N) is 1. The Labute approximate surface area is 159 Å². The predicted molar refractivity (Wildman–Crippen MR) is 108 cm³/mol. The van der Waals surface area contributed by atoms with Crippen molar-refractivity contribution in [2.24, 2.45) is 0 Å². The maximum absolute atomic E-state index is 13.8. The summed E-state index contributed by atoms with van der Waals surface area (Å²) in [5.41, 5.74) is 1.88. The van der Waals surface area contributed by atoms with Crippen LogP contribution in [0.4, 0.5) is 10.1 Å². The Kier molecular flexibility index (Phi) is 7.67. The van der Waals surface area contributed by atoms with Crippen LogP contribution < -0.4 is 5.32 Å². The summed E-state index contributed by atoms with van der Waals surface area (Å²) >= 11 is 1.43. The Morgan fingerprint density at radius 3 is 2.69 bits per heavy atom. The molecule has 140 valence electrons. The normalized spacial score (nSPS) is 12.3. The number of aromatic nitrogens is 1. The van der Waals surface area contributed by atoms with Crippen molar-refractivity contribution in [2.75, 3.05) is 31.2 Å². The lowest BCUT2D eigenvalue weighted by Crippen LogP contribution is -2.25. The van der Waals surface area contributed by atoms with Crippen molar-refractivity contribution >= 4 is 28.4 Å². The van der Waals surface area contributed by atoms with Gasteiger partial charge in [0.15, 0.2) is 0 Å². The SMILES string of the molecule is CCN(CC)CCCC(C)Nc1c(C#N)c(SC)nc2ccc(F)cc12. The first-order chi connectivity index (χ1) is 12.5. The molecule has 1 aromatic heterocycles. The van der Waals surface area contributed by atoms with Crippen LogP contribution in [0.3, 0.4) is 0 Å². The third kappa shape index (κ3) is 4.87. The molecule has 0 amide bonds. The zero-order valence-electron chi connectivity index (χ0n) is 16.0. The van der Waals surface area contributed by atoms with Crippen molar-refractivity contribution in [1.29, 1.82) is 5.26 Å². The zero-order chi connectivity index (χ0) is 19.1. The van der Waals surface area contributed by atoms with Crippen LogP contribution in [-0.2, 0) is 0 Å². The van der Waals surface area contributed by atoms with Crippen molar-refractivity contribution in [3.8, 4) is 6.07 Å². The molecule has 0 saturated heterocycles. The number of pyridine rings is 1. The van der Waals surface area contributed by atoms with E-state index in [9.17, 15) is 9.65 Å². The van der Waals surface area contributed by atoms with Gasteiger partial charge in [-0.1, -0.05) is 13.8 Å². The van der Waals surface area contributed by atoms with E-state index in [2.05, 4.69) is 42.0 Å². The average Bonchev–Trinajstić information content (AvgIpc) is 2.65. The van der Waals surface area contributed by atoms with Crippen molar-refractivity contribution < 1.29 is 4.39 Å². The molecule has 1 N–H and O–H groups in total. The van der Waals surface area contributed by atoms with Crippen LogP contribution in [0.25, 0.3) is 10.9 Å². The molecule has 2 rings (SSSR count). The van der Waals surface area contributed by atoms with Gasteiger partial charge in [0, 0.05) is 11.4 Å². The molecule has 6 heteroatoms. The zero-order valence-corrected chi connectivity index (χ0v) is 16.8. The number of anilines is 1. The molecule has 1 heterocycles. The van der Waals surface area contributed by atoms with Gasteiger partial charge in [-0.2, -0.15) is 5.26 Å². The van der Waals surface area contributed by atoms with E-state index in [1.807, 2.05) is 6.26 Å². The van der Waals surface area contributed by atoms with E-state index >= 15 is 0 Å². The summed E-state index contributed by atoms with van der Waals surface area (Å²) in [6.07, 6.45) is 3.95. The molecule has 2 aromatic rings. The fraction of sp³-hybridized carbons (Fsp3) is 0.500. The van der Waals surface area contributed by atoms with E-state index < -0.39 is 0 Å². The lowest BCUT2D eigenvalue weighted by atomic mass is 10.1. The maximum atomic E-state index is 13.8. The first-order valence-electron chi connectivity index (χ1n) is 9.10. The fourth-order valence-corrected chi connectivity index (χ4v) is 3.64. The van der Waals surface area contributed by atoms with Gasteiger partial charge in [-0.3, -0.25) is 0 Å². The van der Waals surface area contributed by atoms with Gasteiger partial charge in [-0.05, 0) is 63.9 Å². The van der Waals surface area contributed by atoms with E-state index in [0.717, 1.165) is 32.5 Å². The average molecular weight is 375 g/mol. The van der Waals surface area contributed by atoms with Gasteiger partial charge < -0.3 is 10.2 Å². The standard InChI is InChI=1S/C20H27FN4S/c1-5-25(6-2)11-7-8-14(3)23-19-16-12-15(21)9-10-18(16)24-20(26-4)17(19)13-22/h9-10,12,14H,5-8,11H2,1-4H3,(H,23,24). The van der Waals surface area contributed by atoms with Crippen LogP contribution in [0.5, 0.6) is 0 Å². The van der Waals surface area contributed by atoms with E-state index in [-0.39, 0.29) is 11.9 Å². The highest BCUT2D eigenvalue weighted by molar-refractivity contribution is 7.98. The monoisotopic (exact) mass is 374 g/mol. The van der Waals surface area contributed by atoms with E-state index in [4.69, 9.17) is 0 Å². The second kappa shape index (κ2) is 9.75. The Morgan fingerprint density at radius 1 is 1.35 bits per heavy atom. The number of halogens is 1. The summed E-state index contributed by atoms with van der Waals surface area (Å²) in [6.45, 7) is 9.63. The number of rotatable bonds is 9. The molecule has 1 unspecified atom stereocenters. The molecular weight excluding hydrogens is 347 g/mol. The lowest BCUT2D eigenvalue weighted by molar-refractivity contribution is 0.295. The number of hydrogen-bond acceptors (Lipinski definition) is 5. The van der Waals surface area contributed by atoms with Crippen LogP contribution >= 0.6 is 11.8 Å². The second-order valence-electron chi connectivity index (χ2n) is 6.36. The second-order valence-corrected chi connectivity index (χ2v) is 7.15. The molecule has 0 radical (unpaired) electrons. The van der Waals surface area contributed by atoms with Crippen molar-refractivity contribution in [3.05, 3.63) is 29.6 Å². The summed E-state index contributed by atoms with van der Waals surface area (Å²) in [6, 6.07) is 6.96. The van der Waals surface area contributed by atoms with E-state index in [1.165, 1.54) is 23.9 Å². The van der Waals surface area contributed by atoms with Gasteiger partial charge in [-0.25, -0.2) is 9.37 Å². The number of hydrogen-bond donors (Lipinski definition) is 1. The van der Waals surface area contributed by atoms with Gasteiger partial charge in [0.1, 0.15) is 22.5 Å². The highest BCUT2D eigenvalue weighted by Gasteiger charge is 2.17. The van der Waals surface area contributed by atoms with Crippen molar-refractivity contribution in [3.63, 3.8) is 0 Å². The van der Waals surface area contributed by atoms with Gasteiger partial charge in [-0.15, -0.1) is 11.8 Å². The minimum absolute atomic E-state index is 0.182. The maximum Gasteiger partial charge on any atom is 0.124 e. The Morgan fingerprint density at radius 2 is 2.08 bits per heavy atom. The number of nitrogens with zero attached hydrogens (tertiary/aromatic N) is 3. The molecule has 1 atom stereocenters. The first-order valence-corrected chi connectivity index (χ1v) is 10.3. The third-order valence-corrected chi connectivity index (χ3v) is 5.30. The molecular formula is C20H27FN4S. The molecule has 0 aliphatic rings. The molecule has 0 fully saturated rings. The molecule has 26 heavy (non-hydrogen) atoms. The van der Waals surface area contributed by atoms with Gasteiger partial charge in [0.05, 0.1) is 11.2 Å². The third-order valence-electron chi connectivity index (χ3n) is 4.62. The van der Waals surface area contributed by atoms with Crippen LogP contribution in [0.15, 0.2) is 23.2 Å². The Bertz CT molecular complexity index is 783.